The van der Waals surface area contributed by atoms with Crippen LogP contribution < -0.4 is 9.97 Å². The smallest absolute Gasteiger partial charge is 0.664 e. The third kappa shape index (κ3) is 2.94. The second-order valence-corrected chi connectivity index (χ2v) is 6.94. The number of aromatic nitrogens is 4. The molecule has 0 unspecified atom stereocenters. The van der Waals surface area contributed by atoms with Crippen LogP contribution in [0.1, 0.15) is 0 Å². The standard InChI is InChI=1S/C25H15N4.Au/c1-6-17(16-18(7-1)29-15-5-14-27-29)19-8-2-9-20-21-10-3-11-22(23-12-4-13-26-23)25(21)28-24(19)20;/h1-15H;/q-3;+3. The monoisotopic (exact) mass is 568 g/mol. The molecule has 0 aliphatic rings. The fourth-order valence-electron chi connectivity index (χ4n) is 3.92. The van der Waals surface area contributed by atoms with Crippen LogP contribution in [0.3, 0.4) is 0 Å². The summed E-state index contributed by atoms with van der Waals surface area (Å²) < 4.78 is 1.82. The quantitative estimate of drug-likeness (QED) is 0.217. The summed E-state index contributed by atoms with van der Waals surface area (Å²) in [6.45, 7) is 0. The van der Waals surface area contributed by atoms with Crippen molar-refractivity contribution < 1.29 is 22.4 Å². The number of fused-ring (bicyclic) bond motifs is 3. The van der Waals surface area contributed by atoms with Crippen LogP contribution in [0.5, 0.6) is 0 Å². The average Bonchev–Trinajstić information content (AvgIpc) is 3.54. The Bertz CT molecular complexity index is 1440. The summed E-state index contributed by atoms with van der Waals surface area (Å²) in [7, 11) is 0. The van der Waals surface area contributed by atoms with Gasteiger partial charge in [0.05, 0.1) is 0 Å². The first kappa shape index (κ1) is 18.7. The molecular formula is C25H15AuN4. The molecule has 5 heteroatoms. The molecule has 146 valence electrons. The van der Waals surface area contributed by atoms with Crippen molar-refractivity contribution in [2.24, 2.45) is 0 Å². The van der Waals surface area contributed by atoms with Crippen molar-refractivity contribution in [1.29, 1.82) is 0 Å². The first-order valence-corrected chi connectivity index (χ1v) is 9.47. The minimum absolute atomic E-state index is 0. The molecule has 0 aliphatic heterocycles. The van der Waals surface area contributed by atoms with Crippen LogP contribution in [0, 0.1) is 6.07 Å². The van der Waals surface area contributed by atoms with Gasteiger partial charge in [0.1, 0.15) is 0 Å². The third-order valence-electron chi connectivity index (χ3n) is 5.24. The molecule has 0 fully saturated rings. The van der Waals surface area contributed by atoms with Crippen molar-refractivity contribution in [3.05, 3.63) is 97.5 Å². The van der Waals surface area contributed by atoms with Crippen LogP contribution in [-0.4, -0.2) is 9.78 Å². The van der Waals surface area contributed by atoms with E-state index in [9.17, 15) is 0 Å². The van der Waals surface area contributed by atoms with Gasteiger partial charge in [-0.15, -0.1) is 46.6 Å². The van der Waals surface area contributed by atoms with Crippen molar-refractivity contribution in [2.75, 3.05) is 0 Å². The Morgan fingerprint density at radius 2 is 1.53 bits per heavy atom. The van der Waals surface area contributed by atoms with Gasteiger partial charge in [0.25, 0.3) is 0 Å². The van der Waals surface area contributed by atoms with Crippen LogP contribution in [0.15, 0.2) is 91.4 Å². The van der Waals surface area contributed by atoms with Crippen molar-refractivity contribution in [3.63, 3.8) is 0 Å². The third-order valence-corrected chi connectivity index (χ3v) is 5.24. The summed E-state index contributed by atoms with van der Waals surface area (Å²) in [6.07, 6.45) is 5.51. The topological polar surface area (TPSA) is 46.0 Å². The van der Waals surface area contributed by atoms with E-state index in [0.717, 1.165) is 49.9 Å². The summed E-state index contributed by atoms with van der Waals surface area (Å²) in [4.78, 5) is 9.53. The molecule has 0 radical (unpaired) electrons. The maximum absolute atomic E-state index is 5.06. The minimum Gasteiger partial charge on any atom is -0.664 e. The zero-order valence-electron chi connectivity index (χ0n) is 15.8. The van der Waals surface area contributed by atoms with Crippen LogP contribution in [0.4, 0.5) is 0 Å². The molecule has 0 saturated carbocycles. The fourth-order valence-corrected chi connectivity index (χ4v) is 3.92. The molecule has 4 nitrogen and oxygen atoms in total. The Hall–Kier alpha value is -3.31. The van der Waals surface area contributed by atoms with Gasteiger partial charge in [-0.2, -0.15) is 16.8 Å². The van der Waals surface area contributed by atoms with E-state index in [1.807, 2.05) is 47.4 Å². The molecule has 0 bridgehead atoms. The Morgan fingerprint density at radius 3 is 2.27 bits per heavy atom. The zero-order valence-corrected chi connectivity index (χ0v) is 17.9. The Balaban J connectivity index is 0.00000193. The Labute approximate surface area is 189 Å². The molecule has 0 aliphatic carbocycles. The summed E-state index contributed by atoms with van der Waals surface area (Å²) in [6, 6.07) is 28.1. The second kappa shape index (κ2) is 7.50. The molecule has 6 aromatic rings. The van der Waals surface area contributed by atoms with Crippen molar-refractivity contribution >= 4 is 21.8 Å². The SMILES string of the molecule is [Au+3].[c-]1c(-c2cccc3c2[n-]c2c(-c4ccc[n-]4)cccc23)cccc1-n1cccn1. The van der Waals surface area contributed by atoms with Gasteiger partial charge in [-0.25, -0.2) is 0 Å². The predicted octanol–water partition coefficient (Wildman–Crippen LogP) is 5.22. The van der Waals surface area contributed by atoms with Crippen LogP contribution in [-0.2, 0) is 22.4 Å². The number of para-hydroxylation sites is 2. The van der Waals surface area contributed by atoms with Gasteiger partial charge in [0, 0.05) is 12.4 Å². The molecule has 3 heterocycles. The summed E-state index contributed by atoms with van der Waals surface area (Å²) in [5.41, 5.74) is 6.94. The molecule has 0 atom stereocenters. The van der Waals surface area contributed by atoms with E-state index in [2.05, 4.69) is 58.6 Å². The number of rotatable bonds is 3. The van der Waals surface area contributed by atoms with Gasteiger partial charge in [-0.05, 0) is 22.5 Å². The van der Waals surface area contributed by atoms with E-state index in [1.54, 1.807) is 6.20 Å². The summed E-state index contributed by atoms with van der Waals surface area (Å²) >= 11 is 0. The molecule has 0 saturated heterocycles. The normalized spacial score (nSPS) is 11.1. The van der Waals surface area contributed by atoms with E-state index in [4.69, 9.17) is 4.98 Å². The molecule has 3 aromatic carbocycles. The first-order valence-electron chi connectivity index (χ1n) is 9.47. The molecule has 0 amide bonds. The average molecular weight is 568 g/mol. The second-order valence-electron chi connectivity index (χ2n) is 6.94. The number of hydrogen-bond acceptors (Lipinski definition) is 1. The molecule has 30 heavy (non-hydrogen) atoms. The van der Waals surface area contributed by atoms with Gasteiger partial charge in [-0.1, -0.05) is 54.1 Å². The van der Waals surface area contributed by atoms with Crippen LogP contribution >= 0.6 is 0 Å². The van der Waals surface area contributed by atoms with E-state index >= 15 is 0 Å². The summed E-state index contributed by atoms with van der Waals surface area (Å²) in [5, 5.41) is 6.61. The van der Waals surface area contributed by atoms with Crippen molar-refractivity contribution in [1.82, 2.24) is 19.7 Å². The predicted molar refractivity (Wildman–Crippen MR) is 115 cm³/mol. The van der Waals surface area contributed by atoms with Crippen LogP contribution in [0.2, 0.25) is 0 Å². The van der Waals surface area contributed by atoms with Gasteiger partial charge in [-0.3, -0.25) is 4.68 Å². The number of benzene rings is 3. The molecule has 0 spiro atoms. The molecular weight excluding hydrogens is 553 g/mol. The molecule has 6 rings (SSSR count). The number of nitrogens with zero attached hydrogens (tertiary/aromatic N) is 4. The van der Waals surface area contributed by atoms with E-state index in [-0.39, 0.29) is 22.4 Å². The largest absolute Gasteiger partial charge is 3.00 e. The van der Waals surface area contributed by atoms with E-state index < -0.39 is 0 Å². The van der Waals surface area contributed by atoms with Gasteiger partial charge < -0.3 is 9.97 Å². The fraction of sp³-hybridized carbons (Fsp3) is 0. The maximum atomic E-state index is 5.06. The Kier molecular flexibility index (Phi) is 4.68. The summed E-state index contributed by atoms with van der Waals surface area (Å²) in [5.74, 6) is 0. The maximum Gasteiger partial charge on any atom is 3.00 e. The molecule has 0 N–H and O–H groups in total. The minimum atomic E-state index is 0. The van der Waals surface area contributed by atoms with Crippen LogP contribution in [0.25, 0.3) is 49.9 Å². The Morgan fingerprint density at radius 1 is 0.767 bits per heavy atom. The van der Waals surface area contributed by atoms with Crippen molar-refractivity contribution in [3.8, 4) is 28.1 Å². The first-order chi connectivity index (χ1) is 14.4. The zero-order chi connectivity index (χ0) is 19.2. The van der Waals surface area contributed by atoms with E-state index in [0.29, 0.717) is 0 Å². The number of hydrogen-bond donors (Lipinski definition) is 0. The van der Waals surface area contributed by atoms with Gasteiger partial charge in [0.15, 0.2) is 0 Å². The van der Waals surface area contributed by atoms with Crippen molar-refractivity contribution in [2.45, 2.75) is 0 Å². The van der Waals surface area contributed by atoms with Gasteiger partial charge in [0.2, 0.25) is 0 Å². The van der Waals surface area contributed by atoms with Gasteiger partial charge >= 0.3 is 22.4 Å². The molecule has 3 aromatic heterocycles. The van der Waals surface area contributed by atoms with E-state index in [1.165, 1.54) is 0 Å².